The molecule has 2 aromatic carbocycles. The highest BCUT2D eigenvalue weighted by Gasteiger charge is 2.32. The Morgan fingerprint density at radius 3 is 2.38 bits per heavy atom. The summed E-state index contributed by atoms with van der Waals surface area (Å²) in [4.78, 5) is 37.7. The van der Waals surface area contributed by atoms with Crippen molar-refractivity contribution in [2.45, 2.75) is 24.0 Å². The Kier molecular flexibility index (Phi) is 7.93. The SMILES string of the molecule is COCc1ccc([C@@H](NC(=O)[C@H]2CNC(=O)C2)C(=O)Nc2cc(F)c(S(C)(C)C)cc2F)cc1. The molecule has 0 spiro atoms. The molecule has 1 heterocycles. The lowest BCUT2D eigenvalue weighted by molar-refractivity contribution is -0.129. The van der Waals surface area contributed by atoms with E-state index in [0.29, 0.717) is 12.2 Å². The summed E-state index contributed by atoms with van der Waals surface area (Å²) in [5.74, 6) is -3.47. The van der Waals surface area contributed by atoms with E-state index in [2.05, 4.69) is 16.0 Å². The predicted molar refractivity (Wildman–Crippen MR) is 128 cm³/mol. The summed E-state index contributed by atoms with van der Waals surface area (Å²) >= 11 is 0. The number of rotatable bonds is 8. The van der Waals surface area contributed by atoms with E-state index in [0.717, 1.165) is 17.7 Å². The maximum absolute atomic E-state index is 14.8. The molecule has 3 N–H and O–H groups in total. The summed E-state index contributed by atoms with van der Waals surface area (Å²) in [6.45, 7) is 0.536. The first-order chi connectivity index (χ1) is 16.0. The highest BCUT2D eigenvalue weighted by atomic mass is 32.3. The van der Waals surface area contributed by atoms with E-state index >= 15 is 0 Å². The Hall–Kier alpha value is -2.98. The van der Waals surface area contributed by atoms with Crippen molar-refractivity contribution in [2.75, 3.05) is 37.7 Å². The van der Waals surface area contributed by atoms with Gasteiger partial charge in [-0.15, -0.1) is 0 Å². The molecule has 184 valence electrons. The summed E-state index contributed by atoms with van der Waals surface area (Å²) in [6.07, 6.45) is 5.53. The van der Waals surface area contributed by atoms with Crippen LogP contribution in [0.4, 0.5) is 14.5 Å². The molecule has 1 aliphatic heterocycles. The van der Waals surface area contributed by atoms with Crippen LogP contribution in [0.5, 0.6) is 0 Å². The maximum Gasteiger partial charge on any atom is 0.251 e. The Morgan fingerprint density at radius 1 is 1.15 bits per heavy atom. The van der Waals surface area contributed by atoms with Crippen molar-refractivity contribution in [2.24, 2.45) is 5.92 Å². The Morgan fingerprint density at radius 2 is 1.82 bits per heavy atom. The summed E-state index contributed by atoms with van der Waals surface area (Å²) in [6, 6.07) is 7.67. The Bertz CT molecular complexity index is 1090. The molecular weight excluding hydrogens is 464 g/mol. The highest BCUT2D eigenvalue weighted by molar-refractivity contribution is 8.32. The van der Waals surface area contributed by atoms with E-state index in [9.17, 15) is 23.2 Å². The van der Waals surface area contributed by atoms with Gasteiger partial charge in [0.15, 0.2) is 0 Å². The van der Waals surface area contributed by atoms with Crippen LogP contribution >= 0.6 is 10.0 Å². The standard InChI is InChI=1S/C24H29F2N3O4S/c1-33-13-14-5-7-15(8-6-14)22(29-23(31)16-9-21(30)27-12-16)24(32)28-19-10-18(26)20(11-17(19)25)34(2,3)4/h5-8,10-11,16,22H,9,12-13H2,1-4H3,(H,27,30)(H,28,32)(H,29,31)/t16-,22-/m1/s1. The smallest absolute Gasteiger partial charge is 0.251 e. The molecule has 1 fully saturated rings. The van der Waals surface area contributed by atoms with E-state index in [4.69, 9.17) is 4.74 Å². The molecule has 1 saturated heterocycles. The number of halogens is 2. The minimum absolute atomic E-state index is 0.0172. The molecule has 0 saturated carbocycles. The van der Waals surface area contributed by atoms with Gasteiger partial charge in [0.25, 0.3) is 5.91 Å². The van der Waals surface area contributed by atoms with Crippen molar-refractivity contribution in [3.63, 3.8) is 0 Å². The molecule has 1 aliphatic rings. The molecule has 7 nitrogen and oxygen atoms in total. The lowest BCUT2D eigenvalue weighted by Crippen LogP contribution is -2.40. The largest absolute Gasteiger partial charge is 0.380 e. The number of hydrogen-bond donors (Lipinski definition) is 3. The second-order valence-electron chi connectivity index (χ2n) is 8.91. The second kappa shape index (κ2) is 10.5. The maximum atomic E-state index is 14.8. The molecule has 3 rings (SSSR count). The van der Waals surface area contributed by atoms with E-state index in [1.54, 1.807) is 31.4 Å². The molecule has 2 aromatic rings. The van der Waals surface area contributed by atoms with Crippen molar-refractivity contribution in [1.82, 2.24) is 10.6 Å². The third kappa shape index (κ3) is 6.12. The van der Waals surface area contributed by atoms with Crippen LogP contribution in [0.3, 0.4) is 0 Å². The van der Waals surface area contributed by atoms with E-state index in [1.165, 1.54) is 0 Å². The predicted octanol–water partition coefficient (Wildman–Crippen LogP) is 3.10. The molecule has 2 atom stereocenters. The fourth-order valence-corrected chi connectivity index (χ4v) is 4.72. The van der Waals surface area contributed by atoms with Gasteiger partial charge in [0.2, 0.25) is 11.8 Å². The van der Waals surface area contributed by atoms with Crippen molar-refractivity contribution in [3.8, 4) is 0 Å². The Labute approximate surface area is 198 Å². The minimum atomic E-state index is -1.53. The summed E-state index contributed by atoms with van der Waals surface area (Å²) < 4.78 is 34.5. The number of anilines is 1. The van der Waals surface area contributed by atoms with Crippen LogP contribution in [0.1, 0.15) is 23.6 Å². The number of carbonyl (C=O) groups is 3. The average Bonchev–Trinajstić information content (AvgIpc) is 3.20. The van der Waals surface area contributed by atoms with Crippen LogP contribution in [0.25, 0.3) is 0 Å². The topological polar surface area (TPSA) is 96.5 Å². The number of ether oxygens (including phenoxy) is 1. The van der Waals surface area contributed by atoms with E-state index < -0.39 is 45.4 Å². The number of nitrogens with one attached hydrogen (secondary N) is 3. The van der Waals surface area contributed by atoms with Gasteiger partial charge in [0, 0.05) is 31.0 Å². The molecule has 3 amide bonds. The lowest BCUT2D eigenvalue weighted by atomic mass is 10.0. The highest BCUT2D eigenvalue weighted by Crippen LogP contribution is 2.47. The number of carbonyl (C=O) groups excluding carboxylic acids is 3. The van der Waals surface area contributed by atoms with Crippen LogP contribution in [0.15, 0.2) is 41.3 Å². The van der Waals surface area contributed by atoms with E-state index in [1.807, 2.05) is 18.8 Å². The molecule has 34 heavy (non-hydrogen) atoms. The number of benzene rings is 2. The van der Waals surface area contributed by atoms with Gasteiger partial charge in [-0.2, -0.15) is 0 Å². The third-order valence-electron chi connectivity index (χ3n) is 5.46. The van der Waals surface area contributed by atoms with Gasteiger partial charge in [-0.3, -0.25) is 14.4 Å². The Balaban J connectivity index is 1.87. The third-order valence-corrected chi connectivity index (χ3v) is 7.09. The van der Waals surface area contributed by atoms with Crippen LogP contribution in [0, 0.1) is 17.6 Å². The van der Waals surface area contributed by atoms with Crippen LogP contribution in [-0.4, -0.2) is 50.1 Å². The van der Waals surface area contributed by atoms with Gasteiger partial charge in [-0.1, -0.05) is 24.3 Å². The van der Waals surface area contributed by atoms with Crippen molar-refractivity contribution < 1.29 is 27.9 Å². The van der Waals surface area contributed by atoms with Crippen LogP contribution in [-0.2, 0) is 25.7 Å². The first kappa shape index (κ1) is 25.6. The first-order valence-corrected chi connectivity index (χ1v) is 13.5. The summed E-state index contributed by atoms with van der Waals surface area (Å²) in [5, 5.41) is 7.64. The van der Waals surface area contributed by atoms with E-state index in [-0.39, 0.29) is 29.5 Å². The van der Waals surface area contributed by atoms with Crippen LogP contribution in [0.2, 0.25) is 0 Å². The molecule has 0 unspecified atom stereocenters. The quantitative estimate of drug-likeness (QED) is 0.527. The summed E-state index contributed by atoms with van der Waals surface area (Å²) in [5.41, 5.74) is 0.984. The lowest BCUT2D eigenvalue weighted by Gasteiger charge is -2.27. The molecule has 0 radical (unpaired) electrons. The van der Waals surface area contributed by atoms with Crippen molar-refractivity contribution in [3.05, 3.63) is 59.2 Å². The van der Waals surface area contributed by atoms with Crippen molar-refractivity contribution in [1.29, 1.82) is 0 Å². The summed E-state index contributed by atoms with van der Waals surface area (Å²) in [7, 11) is 0.0292. The zero-order valence-electron chi connectivity index (χ0n) is 19.5. The number of amides is 3. The molecule has 0 bridgehead atoms. The normalized spacial score (nSPS) is 17.1. The van der Waals surface area contributed by atoms with Crippen molar-refractivity contribution >= 4 is 33.4 Å². The van der Waals surface area contributed by atoms with Gasteiger partial charge in [-0.25, -0.2) is 18.8 Å². The fourth-order valence-electron chi connectivity index (χ4n) is 3.62. The van der Waals surface area contributed by atoms with Gasteiger partial charge in [0.05, 0.1) is 18.2 Å². The molecule has 10 heteroatoms. The van der Waals surface area contributed by atoms with Gasteiger partial charge >= 0.3 is 0 Å². The first-order valence-electron chi connectivity index (χ1n) is 10.6. The number of hydrogen-bond acceptors (Lipinski definition) is 4. The number of methoxy groups -OCH3 is 1. The van der Waals surface area contributed by atoms with Gasteiger partial charge in [-0.05, 0) is 36.0 Å². The molecule has 0 aliphatic carbocycles. The molecular formula is C24H29F2N3O4S. The molecule has 0 aromatic heterocycles. The zero-order chi connectivity index (χ0) is 25.0. The monoisotopic (exact) mass is 493 g/mol. The second-order valence-corrected chi connectivity index (χ2v) is 13.0. The fraction of sp³-hybridized carbons (Fsp3) is 0.375. The van der Waals surface area contributed by atoms with Crippen LogP contribution < -0.4 is 16.0 Å². The zero-order valence-corrected chi connectivity index (χ0v) is 20.4. The minimum Gasteiger partial charge on any atom is -0.380 e. The average molecular weight is 494 g/mol. The van der Waals surface area contributed by atoms with Gasteiger partial charge in [0.1, 0.15) is 17.7 Å². The van der Waals surface area contributed by atoms with Gasteiger partial charge < -0.3 is 20.7 Å².